The summed E-state index contributed by atoms with van der Waals surface area (Å²) in [6, 6.07) is 59.1. The highest BCUT2D eigenvalue weighted by atomic mass is 32.1. The summed E-state index contributed by atoms with van der Waals surface area (Å²) < 4.78 is 7.39. The molecule has 14 rings (SSSR count). The van der Waals surface area contributed by atoms with Gasteiger partial charge in [0.1, 0.15) is 0 Å². The highest BCUT2D eigenvalue weighted by Gasteiger charge is 2.27. The van der Waals surface area contributed by atoms with Gasteiger partial charge in [0.2, 0.25) is 0 Å². The highest BCUT2D eigenvalue weighted by Crippen LogP contribution is 2.44. The Hall–Kier alpha value is -8.26. The first-order valence-electron chi connectivity index (χ1n) is 23.0. The average molecular weight is 877 g/mol. The Kier molecular flexibility index (Phi) is 8.61. The maximum absolute atomic E-state index is 5.49. The molecule has 2 aliphatic rings. The molecule has 67 heavy (non-hydrogen) atoms. The van der Waals surface area contributed by atoms with Crippen molar-refractivity contribution in [2.75, 3.05) is 0 Å². The standard InChI is InChI=1S/C60H40N6S/c1-2-12-39(13-3-1)60-63-51(38-24-22-37(23-25-38)50-33-58-59(48-17-5-4-14-43(48)50)49-18-8-11-21-57(49)67-58)34-52(64-60)40-30-41(65-53-19-9-6-15-44(53)46-26-28-61-35-55(46)65)32-42(31-40)66-54-20-10-7-16-45(54)47-27-29-62-36-56(47)66/h1-22,24,26-33,35-36,51H,23,25,34H2. The molecule has 6 nitrogen and oxygen atoms in total. The molecule has 0 radical (unpaired) electrons. The topological polar surface area (TPSA) is 60.4 Å². The minimum atomic E-state index is -0.0793. The second-order valence-electron chi connectivity index (χ2n) is 17.7. The summed E-state index contributed by atoms with van der Waals surface area (Å²) in [6.07, 6.45) is 15.0. The summed E-state index contributed by atoms with van der Waals surface area (Å²) >= 11 is 1.89. The molecule has 12 aromatic rings. The van der Waals surface area contributed by atoms with E-state index in [1.54, 1.807) is 0 Å². The fraction of sp³-hybridized carbons (Fsp3) is 0.0667. The third-order valence-electron chi connectivity index (χ3n) is 14.0. The molecule has 0 bridgehead atoms. The van der Waals surface area contributed by atoms with Crippen molar-refractivity contribution in [1.82, 2.24) is 19.1 Å². The molecule has 1 atom stereocenters. The predicted molar refractivity (Wildman–Crippen MR) is 281 cm³/mol. The molecule has 7 aromatic carbocycles. The molecule has 0 saturated carbocycles. The van der Waals surface area contributed by atoms with Gasteiger partial charge in [0, 0.05) is 83.0 Å². The maximum Gasteiger partial charge on any atom is 0.155 e. The van der Waals surface area contributed by atoms with E-state index in [4.69, 9.17) is 9.98 Å². The Bertz CT molecular complexity index is 3900. The number of amidine groups is 1. The van der Waals surface area contributed by atoms with Crippen LogP contribution in [0.3, 0.4) is 0 Å². The molecule has 1 unspecified atom stereocenters. The monoisotopic (exact) mass is 876 g/mol. The van der Waals surface area contributed by atoms with Crippen LogP contribution in [-0.2, 0) is 0 Å². The number of thiophene rings is 1. The second kappa shape index (κ2) is 15.2. The second-order valence-corrected chi connectivity index (χ2v) is 18.8. The number of allylic oxidation sites excluding steroid dienone is 3. The summed E-state index contributed by atoms with van der Waals surface area (Å²) in [6.45, 7) is 0. The van der Waals surface area contributed by atoms with Crippen molar-refractivity contribution in [2.45, 2.75) is 25.3 Å². The number of nitrogens with zero attached hydrogens (tertiary/aromatic N) is 6. The van der Waals surface area contributed by atoms with Gasteiger partial charge in [0.25, 0.3) is 0 Å². The molecule has 6 heterocycles. The van der Waals surface area contributed by atoms with Crippen LogP contribution < -0.4 is 0 Å². The smallest absolute Gasteiger partial charge is 0.155 e. The largest absolute Gasteiger partial charge is 0.308 e. The fourth-order valence-electron chi connectivity index (χ4n) is 10.9. The SMILES string of the molecule is C1=C(c2cc3sc4ccccc4c3c3ccccc23)CCC(C2CC(c3cc(-n4c5ccccc5c5ccncc54)cc(-n4c5ccccc5c5ccncc54)c3)=NC(c3ccccc3)=N2)=C1. The third-order valence-corrected chi connectivity index (χ3v) is 15.1. The van der Waals surface area contributed by atoms with E-state index in [1.807, 2.05) is 36.1 Å². The molecule has 316 valence electrons. The Balaban J connectivity index is 0.938. The van der Waals surface area contributed by atoms with Crippen molar-refractivity contribution >= 4 is 103 Å². The summed E-state index contributed by atoms with van der Waals surface area (Å²) in [5.41, 5.74) is 13.5. The zero-order chi connectivity index (χ0) is 44.0. The van der Waals surface area contributed by atoms with Crippen molar-refractivity contribution < 1.29 is 0 Å². The Morgan fingerprint density at radius 1 is 0.478 bits per heavy atom. The van der Waals surface area contributed by atoms with Gasteiger partial charge in [-0.3, -0.25) is 15.0 Å². The van der Waals surface area contributed by atoms with Gasteiger partial charge < -0.3 is 9.13 Å². The van der Waals surface area contributed by atoms with E-state index in [-0.39, 0.29) is 6.04 Å². The number of aromatic nitrogens is 4. The lowest BCUT2D eigenvalue weighted by atomic mass is 9.85. The summed E-state index contributed by atoms with van der Waals surface area (Å²) in [4.78, 5) is 20.3. The number of hydrogen-bond donors (Lipinski definition) is 0. The number of pyridine rings is 2. The Morgan fingerprint density at radius 2 is 1.07 bits per heavy atom. The van der Waals surface area contributed by atoms with Gasteiger partial charge in [-0.2, -0.15) is 0 Å². The van der Waals surface area contributed by atoms with E-state index < -0.39 is 0 Å². The molecular weight excluding hydrogens is 837 g/mol. The van der Waals surface area contributed by atoms with Crippen molar-refractivity contribution in [2.24, 2.45) is 9.98 Å². The van der Waals surface area contributed by atoms with Crippen molar-refractivity contribution in [3.63, 3.8) is 0 Å². The minimum absolute atomic E-state index is 0.0793. The number of aliphatic imine (C=N–C) groups is 2. The van der Waals surface area contributed by atoms with Crippen molar-refractivity contribution in [1.29, 1.82) is 0 Å². The molecule has 0 fully saturated rings. The van der Waals surface area contributed by atoms with Crippen LogP contribution >= 0.6 is 11.3 Å². The highest BCUT2D eigenvalue weighted by molar-refractivity contribution is 7.26. The van der Waals surface area contributed by atoms with Gasteiger partial charge in [-0.1, -0.05) is 121 Å². The van der Waals surface area contributed by atoms with Gasteiger partial charge >= 0.3 is 0 Å². The summed E-state index contributed by atoms with van der Waals surface area (Å²) in [7, 11) is 0. The minimum Gasteiger partial charge on any atom is -0.308 e. The van der Waals surface area contributed by atoms with Gasteiger partial charge in [0.15, 0.2) is 5.84 Å². The molecular formula is C60H40N6S. The quantitative estimate of drug-likeness (QED) is 0.167. The Labute approximate surface area is 389 Å². The number of hydrogen-bond acceptors (Lipinski definition) is 5. The van der Waals surface area contributed by atoms with Crippen molar-refractivity contribution in [3.8, 4) is 11.4 Å². The molecule has 7 heteroatoms. The van der Waals surface area contributed by atoms with E-state index in [0.29, 0.717) is 6.42 Å². The summed E-state index contributed by atoms with van der Waals surface area (Å²) in [5.74, 6) is 0.762. The molecule has 1 aliphatic heterocycles. The van der Waals surface area contributed by atoms with E-state index in [2.05, 4.69) is 195 Å². The average Bonchev–Trinajstić information content (AvgIpc) is 4.06. The first-order valence-corrected chi connectivity index (χ1v) is 23.8. The lowest BCUT2D eigenvalue weighted by molar-refractivity contribution is 0.742. The summed E-state index contributed by atoms with van der Waals surface area (Å²) in [5, 5.41) is 10.0. The van der Waals surface area contributed by atoms with Crippen LogP contribution in [0.25, 0.3) is 91.5 Å². The first-order chi connectivity index (χ1) is 33.2. The van der Waals surface area contributed by atoms with Gasteiger partial charge in [0.05, 0.1) is 46.2 Å². The lowest BCUT2D eigenvalue weighted by Crippen LogP contribution is -2.24. The van der Waals surface area contributed by atoms with Gasteiger partial charge in [-0.15, -0.1) is 11.3 Å². The Morgan fingerprint density at radius 3 is 1.75 bits per heavy atom. The molecule has 1 aliphatic carbocycles. The van der Waals surface area contributed by atoms with E-state index in [9.17, 15) is 0 Å². The molecule has 0 spiro atoms. The zero-order valence-electron chi connectivity index (χ0n) is 36.3. The van der Waals surface area contributed by atoms with Crippen LogP contribution in [0.1, 0.15) is 36.0 Å². The fourth-order valence-corrected chi connectivity index (χ4v) is 12.1. The van der Waals surface area contributed by atoms with Crippen LogP contribution in [0, 0.1) is 0 Å². The molecule has 0 N–H and O–H groups in total. The van der Waals surface area contributed by atoms with Crippen LogP contribution in [-0.4, -0.2) is 36.7 Å². The zero-order valence-corrected chi connectivity index (χ0v) is 37.2. The van der Waals surface area contributed by atoms with Crippen LogP contribution in [0.5, 0.6) is 0 Å². The number of rotatable bonds is 6. The maximum atomic E-state index is 5.49. The molecule has 0 amide bonds. The van der Waals surface area contributed by atoms with E-state index in [0.717, 1.165) is 69.0 Å². The lowest BCUT2D eigenvalue weighted by Gasteiger charge is -2.26. The third kappa shape index (κ3) is 6.08. The normalized spacial score (nSPS) is 15.5. The van der Waals surface area contributed by atoms with E-state index in [1.165, 1.54) is 69.2 Å². The predicted octanol–water partition coefficient (Wildman–Crippen LogP) is 15.0. The van der Waals surface area contributed by atoms with Gasteiger partial charge in [-0.05, 0) is 94.9 Å². The molecule has 0 saturated heterocycles. The van der Waals surface area contributed by atoms with Crippen LogP contribution in [0.4, 0.5) is 0 Å². The molecule has 5 aromatic heterocycles. The number of benzene rings is 7. The van der Waals surface area contributed by atoms with Crippen LogP contribution in [0.2, 0.25) is 0 Å². The van der Waals surface area contributed by atoms with Crippen molar-refractivity contribution in [3.05, 3.63) is 223 Å². The van der Waals surface area contributed by atoms with Gasteiger partial charge in [-0.25, -0.2) is 4.99 Å². The van der Waals surface area contributed by atoms with Crippen LogP contribution in [0.15, 0.2) is 216 Å². The number of para-hydroxylation sites is 2. The number of fused-ring (bicyclic) bond motifs is 11. The first kappa shape index (κ1) is 38.1. The van der Waals surface area contributed by atoms with E-state index >= 15 is 0 Å².